The molecule has 9 heteroatoms. The van der Waals surface area contributed by atoms with E-state index in [1.807, 2.05) is 79.7 Å². The predicted molar refractivity (Wildman–Crippen MR) is 154 cm³/mol. The molecule has 0 radical (unpaired) electrons. The number of fused-ring (bicyclic) bond motifs is 2. The maximum Gasteiger partial charge on any atom is 0.222 e. The van der Waals surface area contributed by atoms with Crippen LogP contribution in [0.3, 0.4) is 0 Å². The second-order valence-electron chi connectivity index (χ2n) is 9.35. The summed E-state index contributed by atoms with van der Waals surface area (Å²) in [4.78, 5) is 21.8. The molecule has 2 heterocycles. The van der Waals surface area contributed by atoms with Crippen LogP contribution in [0.5, 0.6) is 11.8 Å². The van der Waals surface area contributed by atoms with E-state index in [0.717, 1.165) is 22.2 Å². The van der Waals surface area contributed by atoms with Gasteiger partial charge >= 0.3 is 0 Å². The molecule has 0 aliphatic rings. The van der Waals surface area contributed by atoms with E-state index >= 15 is 0 Å². The zero-order valence-corrected chi connectivity index (χ0v) is 21.5. The van der Waals surface area contributed by atoms with Crippen LogP contribution in [0.15, 0.2) is 107 Å². The number of para-hydroxylation sites is 1. The van der Waals surface area contributed by atoms with Crippen LogP contribution in [0.25, 0.3) is 21.8 Å². The molecule has 0 spiro atoms. The quantitative estimate of drug-likeness (QED) is 0.210. The first-order valence-corrected chi connectivity index (χ1v) is 12.5. The van der Waals surface area contributed by atoms with Crippen molar-refractivity contribution in [3.63, 3.8) is 0 Å². The Kier molecular flexibility index (Phi) is 7.37. The molecule has 0 saturated carbocycles. The van der Waals surface area contributed by atoms with E-state index in [4.69, 9.17) is 0 Å². The van der Waals surface area contributed by atoms with Gasteiger partial charge in [-0.2, -0.15) is 0 Å². The lowest BCUT2D eigenvalue weighted by atomic mass is 10.1. The molecule has 0 atom stereocenters. The van der Waals surface area contributed by atoms with Gasteiger partial charge in [0.05, 0.1) is 24.1 Å². The van der Waals surface area contributed by atoms with Crippen molar-refractivity contribution in [2.75, 3.05) is 0 Å². The third-order valence-electron chi connectivity index (χ3n) is 6.72. The Balaban J connectivity index is 0.000000162. The first-order chi connectivity index (χ1) is 19.4. The molecule has 200 valence electrons. The molecule has 0 unspecified atom stereocenters. The van der Waals surface area contributed by atoms with E-state index in [0.29, 0.717) is 29.4 Å². The summed E-state index contributed by atoms with van der Waals surface area (Å²) >= 11 is 0. The zero-order valence-electron chi connectivity index (χ0n) is 21.5. The highest BCUT2D eigenvalue weighted by Gasteiger charge is 2.19. The fourth-order valence-corrected chi connectivity index (χ4v) is 4.71. The van der Waals surface area contributed by atoms with Gasteiger partial charge in [0.1, 0.15) is 5.82 Å². The molecule has 40 heavy (non-hydrogen) atoms. The van der Waals surface area contributed by atoms with E-state index < -0.39 is 5.82 Å². The third-order valence-corrected chi connectivity index (χ3v) is 6.72. The molecule has 2 N–H and O–H groups in total. The number of halogens is 1. The number of nitroso groups, excluding NO2 is 2. The minimum atomic E-state index is -0.472. The molecular weight excluding hydrogens is 511 g/mol. The van der Waals surface area contributed by atoms with Gasteiger partial charge < -0.3 is 19.3 Å². The fourth-order valence-electron chi connectivity index (χ4n) is 4.71. The van der Waals surface area contributed by atoms with E-state index in [9.17, 15) is 24.4 Å². The van der Waals surface area contributed by atoms with Crippen LogP contribution in [0, 0.1) is 22.6 Å². The van der Waals surface area contributed by atoms with Crippen molar-refractivity contribution in [3.8, 4) is 11.8 Å². The topological polar surface area (TPSA) is 109 Å². The highest BCUT2D eigenvalue weighted by atomic mass is 19.1. The number of aromatic nitrogens is 2. The SMILES string of the molecule is Cc1ccc(Cn2c(O)c(N=O)c3cc(F)ccc32)cc1.O=Nc1c(O)n(Cc2ccccc2)c2ccccc12. The smallest absolute Gasteiger partial charge is 0.222 e. The van der Waals surface area contributed by atoms with E-state index in [1.165, 1.54) is 18.2 Å². The summed E-state index contributed by atoms with van der Waals surface area (Å²) < 4.78 is 16.6. The van der Waals surface area contributed by atoms with Gasteiger partial charge in [0, 0.05) is 10.8 Å². The molecule has 8 nitrogen and oxygen atoms in total. The number of aromatic hydroxyl groups is 2. The van der Waals surface area contributed by atoms with Gasteiger partial charge in [0.25, 0.3) is 0 Å². The van der Waals surface area contributed by atoms with Crippen LogP contribution in [0.1, 0.15) is 16.7 Å². The Labute approximate surface area is 228 Å². The summed E-state index contributed by atoms with van der Waals surface area (Å²) in [5.74, 6) is -0.800. The minimum absolute atomic E-state index is 0.0833. The largest absolute Gasteiger partial charge is 0.493 e. The van der Waals surface area contributed by atoms with Gasteiger partial charge in [-0.15, -0.1) is 9.81 Å². The van der Waals surface area contributed by atoms with Crippen LogP contribution in [0.4, 0.5) is 15.8 Å². The van der Waals surface area contributed by atoms with Gasteiger partial charge in [-0.05, 0) is 52.7 Å². The van der Waals surface area contributed by atoms with E-state index in [-0.39, 0.29) is 23.1 Å². The first kappa shape index (κ1) is 26.3. The molecule has 0 amide bonds. The van der Waals surface area contributed by atoms with Gasteiger partial charge in [0.2, 0.25) is 11.8 Å². The van der Waals surface area contributed by atoms with Crippen LogP contribution in [0.2, 0.25) is 0 Å². The highest BCUT2D eigenvalue weighted by Crippen LogP contribution is 2.40. The maximum absolute atomic E-state index is 13.3. The average Bonchev–Trinajstić information content (AvgIpc) is 3.39. The van der Waals surface area contributed by atoms with Crippen molar-refractivity contribution in [1.29, 1.82) is 0 Å². The van der Waals surface area contributed by atoms with Crippen molar-refractivity contribution >= 4 is 33.2 Å². The Morgan fingerprint density at radius 1 is 0.650 bits per heavy atom. The summed E-state index contributed by atoms with van der Waals surface area (Å²) in [6.45, 7) is 2.87. The lowest BCUT2D eigenvalue weighted by Crippen LogP contribution is -1.98. The van der Waals surface area contributed by atoms with Crippen molar-refractivity contribution < 1.29 is 14.6 Å². The van der Waals surface area contributed by atoms with E-state index in [1.54, 1.807) is 15.2 Å². The highest BCUT2D eigenvalue weighted by molar-refractivity contribution is 5.96. The molecule has 2 aromatic heterocycles. The van der Waals surface area contributed by atoms with E-state index in [2.05, 4.69) is 10.4 Å². The Morgan fingerprint density at radius 3 is 1.80 bits per heavy atom. The van der Waals surface area contributed by atoms with Gasteiger partial charge in [-0.25, -0.2) is 4.39 Å². The lowest BCUT2D eigenvalue weighted by molar-refractivity contribution is 0.429. The van der Waals surface area contributed by atoms with Crippen molar-refractivity contribution in [2.24, 2.45) is 10.4 Å². The molecule has 0 saturated heterocycles. The molecule has 0 fully saturated rings. The summed E-state index contributed by atoms with van der Waals surface area (Å²) in [7, 11) is 0. The average molecular weight is 537 g/mol. The zero-order chi connectivity index (χ0) is 28.2. The fraction of sp³-hybridized carbons (Fsp3) is 0.0968. The van der Waals surface area contributed by atoms with Crippen molar-refractivity contribution in [2.45, 2.75) is 20.0 Å². The first-order valence-electron chi connectivity index (χ1n) is 12.5. The Bertz CT molecular complexity index is 1830. The second-order valence-corrected chi connectivity index (χ2v) is 9.35. The molecule has 6 rings (SSSR count). The predicted octanol–water partition coefficient (Wildman–Crippen LogP) is 8.03. The Hall–Kier alpha value is -5.31. The number of hydrogen-bond donors (Lipinski definition) is 2. The number of aryl methyl sites for hydroxylation is 1. The molecule has 6 aromatic rings. The monoisotopic (exact) mass is 536 g/mol. The summed E-state index contributed by atoms with van der Waals surface area (Å²) in [6, 6.07) is 29.0. The van der Waals surface area contributed by atoms with Crippen LogP contribution in [-0.2, 0) is 13.1 Å². The van der Waals surface area contributed by atoms with Gasteiger partial charge in [-0.1, -0.05) is 78.4 Å². The standard InChI is InChI=1S/C16H13FN2O2.C15H12N2O2/c1-10-2-4-11(5-3-10)9-19-14-7-6-12(17)8-13(14)15(18-21)16(19)20;18-15-14(16-19)12-8-4-5-9-13(12)17(15)10-11-6-2-1-3-7-11/h2-8,20H,9H2,1H3;1-9,18H,10H2. The lowest BCUT2D eigenvalue weighted by Gasteiger charge is -2.07. The molecule has 4 aromatic carbocycles. The molecule has 0 bridgehead atoms. The van der Waals surface area contributed by atoms with Gasteiger partial charge in [-0.3, -0.25) is 0 Å². The minimum Gasteiger partial charge on any atom is -0.493 e. The summed E-state index contributed by atoms with van der Waals surface area (Å²) in [5.41, 5.74) is 4.51. The number of benzene rings is 4. The number of hydrogen-bond acceptors (Lipinski definition) is 6. The summed E-state index contributed by atoms with van der Waals surface area (Å²) in [5, 5.41) is 27.1. The Morgan fingerprint density at radius 2 is 1.18 bits per heavy atom. The van der Waals surface area contributed by atoms with Crippen molar-refractivity contribution in [1.82, 2.24) is 9.13 Å². The van der Waals surface area contributed by atoms with Crippen LogP contribution < -0.4 is 0 Å². The second kappa shape index (κ2) is 11.2. The van der Waals surface area contributed by atoms with Crippen LogP contribution in [-0.4, -0.2) is 19.3 Å². The van der Waals surface area contributed by atoms with Crippen LogP contribution >= 0.6 is 0 Å². The van der Waals surface area contributed by atoms with Crippen molar-refractivity contribution in [3.05, 3.63) is 129 Å². The number of nitrogens with zero attached hydrogens (tertiary/aromatic N) is 4. The third kappa shape index (κ3) is 5.04. The number of rotatable bonds is 6. The normalized spacial score (nSPS) is 10.8. The van der Waals surface area contributed by atoms with Gasteiger partial charge in [0.15, 0.2) is 11.4 Å². The molecule has 0 aliphatic carbocycles. The molecule has 0 aliphatic heterocycles. The summed E-state index contributed by atoms with van der Waals surface area (Å²) in [6.07, 6.45) is 0. The molecular formula is C31H25FN4O4. The maximum atomic E-state index is 13.3.